The predicted molar refractivity (Wildman–Crippen MR) is 136 cm³/mol. The van der Waals surface area contributed by atoms with Gasteiger partial charge < -0.3 is 10.6 Å². The molecule has 0 aliphatic carbocycles. The van der Waals surface area contributed by atoms with Gasteiger partial charge in [0, 0.05) is 25.9 Å². The lowest BCUT2D eigenvalue weighted by Gasteiger charge is -2.04. The number of hydrogen-bond acceptors (Lipinski definition) is 2. The Morgan fingerprint density at radius 3 is 1.00 bits per heavy atom. The molecule has 0 spiro atoms. The van der Waals surface area contributed by atoms with Crippen molar-refractivity contribution in [2.45, 2.75) is 150 Å². The first-order valence-corrected chi connectivity index (χ1v) is 13.7. The fraction of sp³-hybridized carbons (Fsp3) is 0.926. The molecule has 0 aromatic carbocycles. The first-order valence-electron chi connectivity index (χ1n) is 13.7. The molecule has 0 atom stereocenters. The van der Waals surface area contributed by atoms with E-state index < -0.39 is 0 Å². The molecule has 31 heavy (non-hydrogen) atoms. The zero-order valence-electron chi connectivity index (χ0n) is 21.7. The number of nitrogens with one attached hydrogen (secondary N) is 2. The van der Waals surface area contributed by atoms with Gasteiger partial charge in [-0.1, -0.05) is 111 Å². The minimum atomic E-state index is 0.212. The van der Waals surface area contributed by atoms with Crippen molar-refractivity contribution in [1.82, 2.24) is 10.6 Å². The van der Waals surface area contributed by atoms with Gasteiger partial charge in [-0.15, -0.1) is 0 Å². The number of carbonyl (C=O) groups excluding carboxylic acids is 2. The Labute approximate surface area is 195 Å². The van der Waals surface area contributed by atoms with Crippen LogP contribution in [0.1, 0.15) is 150 Å². The monoisotopic (exact) mass is 440 g/mol. The summed E-state index contributed by atoms with van der Waals surface area (Å²) in [4.78, 5) is 22.2. The average Bonchev–Trinajstić information content (AvgIpc) is 2.75. The summed E-state index contributed by atoms with van der Waals surface area (Å²) in [6, 6.07) is 0. The molecule has 0 heterocycles. The maximum atomic E-state index is 11.1. The molecule has 0 bridgehead atoms. The third-order valence-electron chi connectivity index (χ3n) is 5.41. The zero-order valence-corrected chi connectivity index (χ0v) is 21.7. The van der Waals surface area contributed by atoms with Crippen LogP contribution in [0.5, 0.6) is 0 Å². The highest BCUT2D eigenvalue weighted by molar-refractivity contribution is 5.76. The van der Waals surface area contributed by atoms with Crippen LogP contribution in [0.25, 0.3) is 0 Å². The molecule has 4 heteroatoms. The fourth-order valence-electron chi connectivity index (χ4n) is 3.43. The molecule has 0 aliphatic rings. The van der Waals surface area contributed by atoms with E-state index in [1.165, 1.54) is 83.5 Å². The minimum Gasteiger partial charge on any atom is -0.356 e. The van der Waals surface area contributed by atoms with Gasteiger partial charge in [0.15, 0.2) is 0 Å². The van der Waals surface area contributed by atoms with Crippen LogP contribution in [-0.4, -0.2) is 24.9 Å². The summed E-state index contributed by atoms with van der Waals surface area (Å²) in [5, 5.41) is 5.90. The molecule has 0 aromatic rings. The molecular weight excluding hydrogens is 384 g/mol. The van der Waals surface area contributed by atoms with Gasteiger partial charge in [-0.25, -0.2) is 0 Å². The van der Waals surface area contributed by atoms with Crippen molar-refractivity contribution >= 4 is 11.8 Å². The second-order valence-electron chi connectivity index (χ2n) is 8.80. The Hall–Kier alpha value is -1.06. The summed E-state index contributed by atoms with van der Waals surface area (Å²) in [6.45, 7) is 10.3. The van der Waals surface area contributed by atoms with Crippen molar-refractivity contribution in [1.29, 1.82) is 0 Å². The number of rotatable bonds is 21. The molecule has 0 aromatic heterocycles. The topological polar surface area (TPSA) is 58.2 Å². The number of unbranched alkanes of at least 4 members (excludes halogenated alkanes) is 13. The Bertz CT molecular complexity index is 372. The van der Waals surface area contributed by atoms with Crippen molar-refractivity contribution < 1.29 is 9.59 Å². The molecule has 2 N–H and O–H groups in total. The van der Waals surface area contributed by atoms with E-state index in [1.807, 2.05) is 13.8 Å². The van der Waals surface area contributed by atoms with Crippen molar-refractivity contribution in [3.8, 4) is 0 Å². The van der Waals surface area contributed by atoms with Gasteiger partial charge in [0.25, 0.3) is 0 Å². The van der Waals surface area contributed by atoms with Crippen LogP contribution in [-0.2, 0) is 9.59 Å². The lowest BCUT2D eigenvalue weighted by atomic mass is 10.1. The standard InChI is InChI=1S/C14H29NO.C13H27NO/c1-3-5-6-7-8-9-10-11-13-15-14(16)12-4-2;1-3-5-6-7-8-9-10-12-14-13(15)11-4-2/h3-13H2,1-2H3,(H,15,16);3-12H2,1-2H3,(H,14,15). The maximum Gasteiger partial charge on any atom is 0.219 e. The normalized spacial score (nSPS) is 10.3. The number of amides is 2. The molecule has 0 saturated carbocycles. The van der Waals surface area contributed by atoms with E-state index in [9.17, 15) is 9.59 Å². The summed E-state index contributed by atoms with van der Waals surface area (Å²) in [6.07, 6.45) is 23.0. The molecule has 0 aliphatic heterocycles. The van der Waals surface area contributed by atoms with Crippen LogP contribution in [0.2, 0.25) is 0 Å². The summed E-state index contributed by atoms with van der Waals surface area (Å²) >= 11 is 0. The first-order chi connectivity index (χ1) is 15.1. The molecule has 0 radical (unpaired) electrons. The number of carbonyl (C=O) groups is 2. The van der Waals surface area contributed by atoms with E-state index in [2.05, 4.69) is 24.5 Å². The summed E-state index contributed by atoms with van der Waals surface area (Å²) < 4.78 is 0. The van der Waals surface area contributed by atoms with Crippen molar-refractivity contribution in [3.63, 3.8) is 0 Å². The van der Waals surface area contributed by atoms with Crippen LogP contribution in [0.15, 0.2) is 0 Å². The number of hydrogen-bond donors (Lipinski definition) is 2. The minimum absolute atomic E-state index is 0.212. The molecule has 186 valence electrons. The average molecular weight is 441 g/mol. The van der Waals surface area contributed by atoms with Gasteiger partial charge in [-0.2, -0.15) is 0 Å². The van der Waals surface area contributed by atoms with Gasteiger partial charge in [0.1, 0.15) is 0 Å². The highest BCUT2D eigenvalue weighted by Gasteiger charge is 1.98. The van der Waals surface area contributed by atoms with Crippen LogP contribution in [0.3, 0.4) is 0 Å². The molecule has 4 nitrogen and oxygen atoms in total. The van der Waals surface area contributed by atoms with Gasteiger partial charge in [0.2, 0.25) is 11.8 Å². The maximum absolute atomic E-state index is 11.1. The van der Waals surface area contributed by atoms with Crippen LogP contribution in [0, 0.1) is 0 Å². The van der Waals surface area contributed by atoms with Crippen LogP contribution < -0.4 is 10.6 Å². The second-order valence-corrected chi connectivity index (χ2v) is 8.80. The molecular formula is C27H56N2O2. The van der Waals surface area contributed by atoms with Crippen molar-refractivity contribution in [2.24, 2.45) is 0 Å². The highest BCUT2D eigenvalue weighted by atomic mass is 16.2. The smallest absolute Gasteiger partial charge is 0.219 e. The van der Waals surface area contributed by atoms with E-state index in [0.29, 0.717) is 12.8 Å². The van der Waals surface area contributed by atoms with Crippen molar-refractivity contribution in [2.75, 3.05) is 13.1 Å². The fourth-order valence-corrected chi connectivity index (χ4v) is 3.43. The molecule has 0 saturated heterocycles. The third-order valence-corrected chi connectivity index (χ3v) is 5.41. The van der Waals surface area contributed by atoms with Crippen molar-refractivity contribution in [3.05, 3.63) is 0 Å². The van der Waals surface area contributed by atoms with E-state index in [0.717, 1.165) is 38.8 Å². The van der Waals surface area contributed by atoms with Crippen LogP contribution >= 0.6 is 0 Å². The summed E-state index contributed by atoms with van der Waals surface area (Å²) in [7, 11) is 0. The Morgan fingerprint density at radius 1 is 0.419 bits per heavy atom. The molecule has 0 unspecified atom stereocenters. The summed E-state index contributed by atoms with van der Waals surface area (Å²) in [5.41, 5.74) is 0. The van der Waals surface area contributed by atoms with Gasteiger partial charge in [0.05, 0.1) is 0 Å². The molecule has 0 rings (SSSR count). The quantitative estimate of drug-likeness (QED) is 0.180. The van der Waals surface area contributed by atoms with Gasteiger partial charge in [-0.05, 0) is 25.7 Å². The lowest BCUT2D eigenvalue weighted by molar-refractivity contribution is -0.121. The zero-order chi connectivity index (χ0) is 23.4. The Balaban J connectivity index is 0. The molecule has 2 amide bonds. The van der Waals surface area contributed by atoms with E-state index in [4.69, 9.17) is 0 Å². The third kappa shape index (κ3) is 31.2. The highest BCUT2D eigenvalue weighted by Crippen LogP contribution is 2.08. The predicted octanol–water partition coefficient (Wildman–Crippen LogP) is 7.70. The SMILES string of the molecule is CCCCCCCCCCNC(=O)CCC.CCCCCCCCCNC(=O)CCC. The summed E-state index contributed by atoms with van der Waals surface area (Å²) in [5.74, 6) is 0.425. The largest absolute Gasteiger partial charge is 0.356 e. The second kappa shape index (κ2) is 28.9. The van der Waals surface area contributed by atoms with Gasteiger partial charge >= 0.3 is 0 Å². The van der Waals surface area contributed by atoms with E-state index in [-0.39, 0.29) is 11.8 Å². The van der Waals surface area contributed by atoms with E-state index >= 15 is 0 Å². The van der Waals surface area contributed by atoms with Gasteiger partial charge in [-0.3, -0.25) is 9.59 Å². The Kier molecular flexibility index (Phi) is 30.0. The Morgan fingerprint density at radius 2 is 0.710 bits per heavy atom. The molecule has 0 fully saturated rings. The van der Waals surface area contributed by atoms with E-state index in [1.54, 1.807) is 0 Å². The first kappa shape index (κ1) is 32.1. The lowest BCUT2D eigenvalue weighted by Crippen LogP contribution is -2.23. The van der Waals surface area contributed by atoms with Crippen LogP contribution in [0.4, 0.5) is 0 Å².